The minimum atomic E-state index is -0.987. The van der Waals surface area contributed by atoms with Gasteiger partial charge in [0.25, 0.3) is 0 Å². The third-order valence-corrected chi connectivity index (χ3v) is 3.98. The fourth-order valence-corrected chi connectivity index (χ4v) is 2.68. The van der Waals surface area contributed by atoms with Crippen LogP contribution in [0.2, 0.25) is 0 Å². The number of carboxylic acids is 1. The number of hydrogen-bond acceptors (Lipinski definition) is 2. The van der Waals surface area contributed by atoms with Gasteiger partial charge in [-0.2, -0.15) is 0 Å². The van der Waals surface area contributed by atoms with Crippen LogP contribution in [-0.4, -0.2) is 11.1 Å². The van der Waals surface area contributed by atoms with E-state index >= 15 is 0 Å². The van der Waals surface area contributed by atoms with Crippen LogP contribution in [0.25, 0.3) is 10.1 Å². The lowest BCUT2D eigenvalue weighted by Crippen LogP contribution is -1.89. The molecule has 0 aliphatic carbocycles. The molecule has 0 saturated carbocycles. The van der Waals surface area contributed by atoms with Crippen LogP contribution >= 0.6 is 27.3 Å². The molecule has 1 N–H and O–H groups in total. The molecule has 0 aliphatic heterocycles. The summed E-state index contributed by atoms with van der Waals surface area (Å²) in [6.45, 7) is 0. The van der Waals surface area contributed by atoms with Crippen molar-refractivity contribution < 1.29 is 14.3 Å². The van der Waals surface area contributed by atoms with Crippen LogP contribution in [0, 0.1) is 5.82 Å². The first-order valence-corrected chi connectivity index (χ1v) is 5.31. The Morgan fingerprint density at radius 2 is 2.21 bits per heavy atom. The summed E-state index contributed by atoms with van der Waals surface area (Å²) in [6.07, 6.45) is 0. The average Bonchev–Trinajstić information content (AvgIpc) is 2.56. The Labute approximate surface area is 91.1 Å². The van der Waals surface area contributed by atoms with Gasteiger partial charge in [-0.3, -0.25) is 0 Å². The summed E-state index contributed by atoms with van der Waals surface area (Å²) in [6, 6.07) is 4.41. The number of halogens is 2. The van der Waals surface area contributed by atoms with Crippen molar-refractivity contribution in [3.05, 3.63) is 33.4 Å². The summed E-state index contributed by atoms with van der Waals surface area (Å²) < 4.78 is 14.0. The van der Waals surface area contributed by atoms with Gasteiger partial charge in [0, 0.05) is 0 Å². The van der Waals surface area contributed by atoms with E-state index in [2.05, 4.69) is 15.9 Å². The van der Waals surface area contributed by atoms with Crippen molar-refractivity contribution in [1.29, 1.82) is 0 Å². The maximum atomic E-state index is 13.1. The SMILES string of the molecule is O=C(O)c1cc2ccc(F)c(Br)c2s1. The van der Waals surface area contributed by atoms with Gasteiger partial charge in [-0.15, -0.1) is 11.3 Å². The van der Waals surface area contributed by atoms with Crippen molar-refractivity contribution in [3.63, 3.8) is 0 Å². The molecule has 0 aliphatic rings. The quantitative estimate of drug-likeness (QED) is 0.864. The Morgan fingerprint density at radius 1 is 1.50 bits per heavy atom. The molecule has 14 heavy (non-hydrogen) atoms. The zero-order valence-corrected chi connectivity index (χ0v) is 9.15. The van der Waals surface area contributed by atoms with E-state index in [0.29, 0.717) is 9.17 Å². The zero-order valence-electron chi connectivity index (χ0n) is 6.75. The Bertz CT molecular complexity index is 521. The first-order chi connectivity index (χ1) is 6.59. The van der Waals surface area contributed by atoms with E-state index in [1.165, 1.54) is 12.1 Å². The predicted octanol–water partition coefficient (Wildman–Crippen LogP) is 3.50. The molecular weight excluding hydrogens is 271 g/mol. The second-order valence-electron chi connectivity index (χ2n) is 2.70. The van der Waals surface area contributed by atoms with Crippen LogP contribution in [0.4, 0.5) is 4.39 Å². The van der Waals surface area contributed by atoms with Crippen molar-refractivity contribution in [2.45, 2.75) is 0 Å². The Morgan fingerprint density at radius 3 is 2.86 bits per heavy atom. The number of aromatic carboxylic acids is 1. The van der Waals surface area contributed by atoms with Crippen molar-refractivity contribution in [3.8, 4) is 0 Å². The van der Waals surface area contributed by atoms with Gasteiger partial charge in [-0.05, 0) is 33.4 Å². The first kappa shape index (κ1) is 9.61. The number of carbonyl (C=O) groups is 1. The molecule has 0 atom stereocenters. The van der Waals surface area contributed by atoms with E-state index in [4.69, 9.17) is 5.11 Å². The lowest BCUT2D eigenvalue weighted by Gasteiger charge is -1.93. The highest BCUT2D eigenvalue weighted by Gasteiger charge is 2.12. The number of fused-ring (bicyclic) bond motifs is 1. The molecule has 0 fully saturated rings. The highest BCUT2D eigenvalue weighted by Crippen LogP contribution is 2.33. The van der Waals surface area contributed by atoms with Crippen molar-refractivity contribution in [1.82, 2.24) is 0 Å². The van der Waals surface area contributed by atoms with Crippen LogP contribution in [0.3, 0.4) is 0 Å². The Hall–Kier alpha value is -0.940. The molecule has 0 radical (unpaired) electrons. The lowest BCUT2D eigenvalue weighted by atomic mass is 10.2. The smallest absolute Gasteiger partial charge is 0.345 e. The normalized spacial score (nSPS) is 10.7. The van der Waals surface area contributed by atoms with Crippen molar-refractivity contribution in [2.75, 3.05) is 0 Å². The molecule has 72 valence electrons. The van der Waals surface area contributed by atoms with Crippen molar-refractivity contribution >= 4 is 43.3 Å². The van der Waals surface area contributed by atoms with Gasteiger partial charge in [0.2, 0.25) is 0 Å². The number of benzene rings is 1. The van der Waals surface area contributed by atoms with Crippen LogP contribution in [0.15, 0.2) is 22.7 Å². The molecule has 1 aromatic heterocycles. The fourth-order valence-electron chi connectivity index (χ4n) is 1.15. The molecule has 1 heterocycles. The standard InChI is InChI=1S/C9H4BrFO2S/c10-7-5(11)2-1-4-3-6(9(12)13)14-8(4)7/h1-3H,(H,12,13). The summed E-state index contributed by atoms with van der Waals surface area (Å²) in [7, 11) is 0. The maximum absolute atomic E-state index is 13.1. The second-order valence-corrected chi connectivity index (χ2v) is 4.54. The van der Waals surface area contributed by atoms with Crippen molar-refractivity contribution in [2.24, 2.45) is 0 Å². The molecule has 0 bridgehead atoms. The van der Waals surface area contributed by atoms with E-state index in [-0.39, 0.29) is 10.7 Å². The first-order valence-electron chi connectivity index (χ1n) is 3.70. The molecule has 2 aromatic rings. The summed E-state index contributed by atoms with van der Waals surface area (Å²) in [5.74, 6) is -1.37. The predicted molar refractivity (Wildman–Crippen MR) is 56.4 cm³/mol. The minimum absolute atomic E-state index is 0.214. The summed E-state index contributed by atoms with van der Waals surface area (Å²) in [5, 5.41) is 9.48. The fraction of sp³-hybridized carbons (Fsp3) is 0. The molecule has 2 nitrogen and oxygen atoms in total. The summed E-state index contributed by atoms with van der Waals surface area (Å²) in [5.41, 5.74) is 0. The number of thiophene rings is 1. The third kappa shape index (κ3) is 1.42. The van der Waals surface area contributed by atoms with E-state index < -0.39 is 5.97 Å². The van der Waals surface area contributed by atoms with Crippen LogP contribution in [0.1, 0.15) is 9.67 Å². The monoisotopic (exact) mass is 274 g/mol. The van der Waals surface area contributed by atoms with Gasteiger partial charge in [0.15, 0.2) is 0 Å². The molecular formula is C9H4BrFO2S. The Balaban J connectivity index is 2.77. The van der Waals surface area contributed by atoms with E-state index in [1.54, 1.807) is 6.07 Å². The van der Waals surface area contributed by atoms with Gasteiger partial charge < -0.3 is 5.11 Å². The highest BCUT2D eigenvalue weighted by molar-refractivity contribution is 9.10. The third-order valence-electron chi connectivity index (χ3n) is 1.79. The molecule has 5 heteroatoms. The van der Waals surface area contributed by atoms with Crippen LogP contribution < -0.4 is 0 Å². The molecule has 2 rings (SSSR count). The maximum Gasteiger partial charge on any atom is 0.345 e. The number of rotatable bonds is 1. The van der Waals surface area contributed by atoms with E-state index in [1.807, 2.05) is 0 Å². The lowest BCUT2D eigenvalue weighted by molar-refractivity contribution is 0.0702. The molecule has 1 aromatic carbocycles. The van der Waals surface area contributed by atoms with E-state index in [0.717, 1.165) is 16.7 Å². The minimum Gasteiger partial charge on any atom is -0.477 e. The summed E-state index contributed by atoms with van der Waals surface area (Å²) >= 11 is 4.15. The van der Waals surface area contributed by atoms with Crippen LogP contribution in [-0.2, 0) is 0 Å². The van der Waals surface area contributed by atoms with Gasteiger partial charge >= 0.3 is 5.97 Å². The highest BCUT2D eigenvalue weighted by atomic mass is 79.9. The molecule has 0 spiro atoms. The number of carboxylic acid groups (broad SMARTS) is 1. The molecule has 0 saturated heterocycles. The Kier molecular flexibility index (Phi) is 2.28. The largest absolute Gasteiger partial charge is 0.477 e. The van der Waals surface area contributed by atoms with Gasteiger partial charge in [0.05, 0.1) is 9.17 Å². The van der Waals surface area contributed by atoms with Gasteiger partial charge in [-0.1, -0.05) is 6.07 Å². The summed E-state index contributed by atoms with van der Waals surface area (Å²) in [4.78, 5) is 10.9. The number of hydrogen-bond donors (Lipinski definition) is 1. The van der Waals surface area contributed by atoms with Crippen LogP contribution in [0.5, 0.6) is 0 Å². The molecule has 0 amide bonds. The molecule has 0 unspecified atom stereocenters. The zero-order chi connectivity index (χ0) is 10.3. The topological polar surface area (TPSA) is 37.3 Å². The van der Waals surface area contributed by atoms with Gasteiger partial charge in [-0.25, -0.2) is 9.18 Å². The average molecular weight is 275 g/mol. The van der Waals surface area contributed by atoms with E-state index in [9.17, 15) is 9.18 Å². The second kappa shape index (κ2) is 3.33. The van der Waals surface area contributed by atoms with Gasteiger partial charge in [0.1, 0.15) is 10.7 Å².